The van der Waals surface area contributed by atoms with Gasteiger partial charge in [0.05, 0.1) is 23.5 Å². The van der Waals surface area contributed by atoms with E-state index < -0.39 is 15.8 Å². The summed E-state index contributed by atoms with van der Waals surface area (Å²) < 4.78 is 39.2. The van der Waals surface area contributed by atoms with Crippen molar-refractivity contribution in [1.29, 1.82) is 5.26 Å². The second-order valence-electron chi connectivity index (χ2n) is 4.54. The lowest BCUT2D eigenvalue weighted by molar-refractivity contribution is 0.591. The Morgan fingerprint density at radius 1 is 1.36 bits per heavy atom. The number of hydrogen-bond donors (Lipinski definition) is 0. The lowest BCUT2D eigenvalue weighted by atomic mass is 10.2. The molecule has 0 saturated heterocycles. The van der Waals surface area contributed by atoms with Crippen molar-refractivity contribution in [2.75, 3.05) is 10.1 Å². The lowest BCUT2D eigenvalue weighted by Crippen LogP contribution is -2.32. The summed E-state index contributed by atoms with van der Waals surface area (Å²) in [5.41, 5.74) is 0.756. The zero-order valence-electron chi connectivity index (χ0n) is 11.9. The summed E-state index contributed by atoms with van der Waals surface area (Å²) in [7, 11) is -3.58. The van der Waals surface area contributed by atoms with E-state index in [-0.39, 0.29) is 23.5 Å². The van der Waals surface area contributed by atoms with Crippen LogP contribution in [-0.4, -0.2) is 19.2 Å². The van der Waals surface area contributed by atoms with Gasteiger partial charge in [0.1, 0.15) is 11.9 Å². The van der Waals surface area contributed by atoms with Crippen LogP contribution in [0.4, 0.5) is 10.1 Å². The van der Waals surface area contributed by atoms with Crippen LogP contribution in [0.3, 0.4) is 0 Å². The van der Waals surface area contributed by atoms with E-state index in [4.69, 9.17) is 5.26 Å². The van der Waals surface area contributed by atoms with E-state index in [0.29, 0.717) is 5.56 Å². The van der Waals surface area contributed by atoms with Crippen LogP contribution in [0.1, 0.15) is 18.1 Å². The molecule has 2 aromatic rings. The molecule has 5 nitrogen and oxygen atoms in total. The highest BCUT2D eigenvalue weighted by Crippen LogP contribution is 2.23. The Kier molecular flexibility index (Phi) is 4.73. The average molecular weight is 319 g/mol. The summed E-state index contributed by atoms with van der Waals surface area (Å²) in [4.78, 5) is 3.95. The van der Waals surface area contributed by atoms with Gasteiger partial charge < -0.3 is 0 Å². The summed E-state index contributed by atoms with van der Waals surface area (Å²) in [6.07, 6.45) is 3.15. The predicted octanol–water partition coefficient (Wildman–Crippen LogP) is 2.45. The van der Waals surface area contributed by atoms with E-state index in [2.05, 4.69) is 4.98 Å². The Morgan fingerprint density at radius 2 is 2.14 bits per heavy atom. The summed E-state index contributed by atoms with van der Waals surface area (Å²) >= 11 is 0. The number of anilines is 1. The highest BCUT2D eigenvalue weighted by Gasteiger charge is 2.22. The number of nitriles is 1. The maximum atomic E-state index is 13.4. The van der Waals surface area contributed by atoms with Crippen LogP contribution in [0, 0.1) is 17.1 Å². The van der Waals surface area contributed by atoms with E-state index in [9.17, 15) is 12.8 Å². The fourth-order valence-corrected chi connectivity index (χ4v) is 3.01. The van der Waals surface area contributed by atoms with Gasteiger partial charge in [0.2, 0.25) is 10.0 Å². The fraction of sp³-hybridized carbons (Fsp3) is 0.200. The standard InChI is InChI=1S/C15H14FN3O2S/c1-2-22(20,21)19(11-12-4-3-7-18-10-12)14-5-6-15(16)13(8-14)9-17/h3-8,10H,2,11H2,1H3. The van der Waals surface area contributed by atoms with Crippen molar-refractivity contribution in [2.45, 2.75) is 13.5 Å². The Bertz CT molecular complexity index is 801. The third-order valence-electron chi connectivity index (χ3n) is 3.11. The molecule has 114 valence electrons. The fourth-order valence-electron chi connectivity index (χ4n) is 1.92. The quantitative estimate of drug-likeness (QED) is 0.848. The maximum Gasteiger partial charge on any atom is 0.235 e. The van der Waals surface area contributed by atoms with Crippen LogP contribution in [-0.2, 0) is 16.6 Å². The molecule has 7 heteroatoms. The molecule has 1 aromatic carbocycles. The lowest BCUT2D eigenvalue weighted by Gasteiger charge is -2.24. The van der Waals surface area contributed by atoms with Gasteiger partial charge in [0.25, 0.3) is 0 Å². The Morgan fingerprint density at radius 3 is 2.73 bits per heavy atom. The molecule has 0 atom stereocenters. The molecule has 0 saturated carbocycles. The molecule has 0 spiro atoms. The van der Waals surface area contributed by atoms with E-state index in [1.807, 2.05) is 0 Å². The maximum absolute atomic E-state index is 13.4. The van der Waals surface area contributed by atoms with Crippen LogP contribution >= 0.6 is 0 Å². The van der Waals surface area contributed by atoms with Crippen LogP contribution < -0.4 is 4.31 Å². The molecule has 0 unspecified atom stereocenters. The average Bonchev–Trinajstić information content (AvgIpc) is 2.54. The second-order valence-corrected chi connectivity index (χ2v) is 6.73. The van der Waals surface area contributed by atoms with Gasteiger partial charge in [-0.15, -0.1) is 0 Å². The van der Waals surface area contributed by atoms with Crippen molar-refractivity contribution in [3.63, 3.8) is 0 Å². The highest BCUT2D eigenvalue weighted by molar-refractivity contribution is 7.92. The number of sulfonamides is 1. The molecule has 0 fully saturated rings. The molecule has 22 heavy (non-hydrogen) atoms. The summed E-state index contributed by atoms with van der Waals surface area (Å²) in [5.74, 6) is -0.784. The number of halogens is 1. The second kappa shape index (κ2) is 6.54. The molecule has 1 aromatic heterocycles. The highest BCUT2D eigenvalue weighted by atomic mass is 32.2. The van der Waals surface area contributed by atoms with Gasteiger partial charge in [-0.25, -0.2) is 12.8 Å². The minimum absolute atomic E-state index is 0.0700. The first-order valence-corrected chi connectivity index (χ1v) is 8.18. The molecule has 0 bridgehead atoms. The third-order valence-corrected chi connectivity index (χ3v) is 4.85. The summed E-state index contributed by atoms with van der Waals surface area (Å²) in [6, 6.07) is 8.85. The van der Waals surface area contributed by atoms with E-state index >= 15 is 0 Å². The topological polar surface area (TPSA) is 74.1 Å². The van der Waals surface area contributed by atoms with Crippen molar-refractivity contribution in [2.24, 2.45) is 0 Å². The van der Waals surface area contributed by atoms with E-state index in [1.165, 1.54) is 19.1 Å². The van der Waals surface area contributed by atoms with Gasteiger partial charge in [-0.05, 0) is 36.8 Å². The van der Waals surface area contributed by atoms with Crippen LogP contribution in [0.5, 0.6) is 0 Å². The van der Waals surface area contributed by atoms with Gasteiger partial charge in [-0.1, -0.05) is 6.07 Å². The van der Waals surface area contributed by atoms with Gasteiger partial charge in [-0.2, -0.15) is 5.26 Å². The van der Waals surface area contributed by atoms with E-state index in [1.54, 1.807) is 30.6 Å². The zero-order valence-corrected chi connectivity index (χ0v) is 12.7. The number of hydrogen-bond acceptors (Lipinski definition) is 4. The van der Waals surface area contributed by atoms with Gasteiger partial charge in [0, 0.05) is 12.4 Å². The molecular formula is C15H14FN3O2S. The van der Waals surface area contributed by atoms with Gasteiger partial charge in [-0.3, -0.25) is 9.29 Å². The monoisotopic (exact) mass is 319 g/mol. The molecular weight excluding hydrogens is 305 g/mol. The normalized spacial score (nSPS) is 11.0. The molecule has 0 aliphatic heterocycles. The number of aromatic nitrogens is 1. The summed E-state index contributed by atoms with van der Waals surface area (Å²) in [6.45, 7) is 1.60. The number of rotatable bonds is 5. The van der Waals surface area contributed by atoms with Crippen molar-refractivity contribution in [3.05, 3.63) is 59.7 Å². The van der Waals surface area contributed by atoms with E-state index in [0.717, 1.165) is 10.4 Å². The van der Waals surface area contributed by atoms with Gasteiger partial charge >= 0.3 is 0 Å². The summed E-state index contributed by atoms with van der Waals surface area (Å²) in [5, 5.41) is 8.91. The molecule has 1 heterocycles. The smallest absolute Gasteiger partial charge is 0.235 e. The molecule has 0 N–H and O–H groups in total. The first-order valence-electron chi connectivity index (χ1n) is 6.57. The molecule has 0 aliphatic rings. The molecule has 0 amide bonds. The van der Waals surface area contributed by atoms with Crippen LogP contribution in [0.15, 0.2) is 42.7 Å². The third kappa shape index (κ3) is 3.40. The largest absolute Gasteiger partial charge is 0.266 e. The number of nitrogens with zero attached hydrogens (tertiary/aromatic N) is 3. The molecule has 0 aliphatic carbocycles. The van der Waals surface area contributed by atoms with Crippen molar-refractivity contribution < 1.29 is 12.8 Å². The molecule has 2 rings (SSSR count). The first-order chi connectivity index (χ1) is 10.5. The van der Waals surface area contributed by atoms with Crippen LogP contribution in [0.25, 0.3) is 0 Å². The Labute approximate surface area is 128 Å². The molecule has 0 radical (unpaired) electrons. The number of benzene rings is 1. The predicted molar refractivity (Wildman–Crippen MR) is 81.0 cm³/mol. The van der Waals surface area contributed by atoms with Crippen molar-refractivity contribution >= 4 is 15.7 Å². The minimum atomic E-state index is -3.58. The van der Waals surface area contributed by atoms with Crippen LogP contribution in [0.2, 0.25) is 0 Å². The minimum Gasteiger partial charge on any atom is -0.266 e. The zero-order chi connectivity index (χ0) is 16.2. The van der Waals surface area contributed by atoms with Crippen molar-refractivity contribution in [3.8, 4) is 6.07 Å². The first kappa shape index (κ1) is 15.9. The Balaban J connectivity index is 2.48. The number of pyridine rings is 1. The SMILES string of the molecule is CCS(=O)(=O)N(Cc1cccnc1)c1ccc(F)c(C#N)c1. The van der Waals surface area contributed by atoms with Gasteiger partial charge in [0.15, 0.2) is 0 Å². The Hall–Kier alpha value is -2.46. The van der Waals surface area contributed by atoms with Crippen molar-refractivity contribution in [1.82, 2.24) is 4.98 Å².